The van der Waals surface area contributed by atoms with Gasteiger partial charge < -0.3 is 18.9 Å². The molecule has 6 heteroatoms. The fourth-order valence-corrected chi connectivity index (χ4v) is 4.04. The highest BCUT2D eigenvalue weighted by molar-refractivity contribution is 6.04. The highest BCUT2D eigenvalue weighted by atomic mass is 16.5. The minimum Gasteiger partial charge on any atom is -0.493 e. The van der Waals surface area contributed by atoms with Gasteiger partial charge in [0.1, 0.15) is 18.1 Å². The van der Waals surface area contributed by atoms with Gasteiger partial charge in [-0.05, 0) is 60.2 Å². The number of rotatable bonds is 8. The van der Waals surface area contributed by atoms with E-state index in [0.717, 1.165) is 22.3 Å². The Labute approximate surface area is 215 Å². The first-order valence-corrected chi connectivity index (χ1v) is 11.8. The Kier molecular flexibility index (Phi) is 6.99. The number of benzene rings is 4. The van der Waals surface area contributed by atoms with Crippen LogP contribution in [0.3, 0.4) is 0 Å². The molecule has 4 aromatic carbocycles. The zero-order valence-electron chi connectivity index (χ0n) is 20.5. The molecule has 0 spiro atoms. The summed E-state index contributed by atoms with van der Waals surface area (Å²) in [5.74, 6) is 2.17. The van der Waals surface area contributed by atoms with E-state index in [1.807, 2.05) is 97.1 Å². The molecule has 0 unspecified atom stereocenters. The van der Waals surface area contributed by atoms with Crippen molar-refractivity contribution in [2.24, 2.45) is 0 Å². The smallest absolute Gasteiger partial charge is 0.339 e. The van der Waals surface area contributed by atoms with Gasteiger partial charge in [0, 0.05) is 10.9 Å². The molecule has 0 radical (unpaired) electrons. The third-order valence-electron chi connectivity index (χ3n) is 5.86. The van der Waals surface area contributed by atoms with Crippen LogP contribution in [0, 0.1) is 0 Å². The fraction of sp³-hybridized carbons (Fsp3) is 0.0968. The number of carbonyl (C=O) groups excluding carboxylic acids is 1. The lowest BCUT2D eigenvalue weighted by Crippen LogP contribution is -2.07. The van der Waals surface area contributed by atoms with E-state index in [0.29, 0.717) is 34.0 Å². The summed E-state index contributed by atoms with van der Waals surface area (Å²) in [7, 11) is 3.17. The van der Waals surface area contributed by atoms with Crippen molar-refractivity contribution in [3.05, 3.63) is 114 Å². The third-order valence-corrected chi connectivity index (χ3v) is 5.86. The highest BCUT2D eigenvalue weighted by Crippen LogP contribution is 2.33. The van der Waals surface area contributed by atoms with Crippen LogP contribution in [0.5, 0.6) is 23.0 Å². The van der Waals surface area contributed by atoms with Crippen LogP contribution < -0.4 is 14.2 Å². The molecule has 184 valence electrons. The summed E-state index contributed by atoms with van der Waals surface area (Å²) in [6, 6.07) is 31.8. The number of methoxy groups -OCH3 is 2. The molecule has 0 fully saturated rings. The van der Waals surface area contributed by atoms with E-state index in [1.165, 1.54) is 0 Å². The summed E-state index contributed by atoms with van der Waals surface area (Å²) in [6.45, 7) is 0.104. The average Bonchev–Trinajstić information content (AvgIpc) is 2.95. The monoisotopic (exact) mass is 491 g/mol. The Balaban J connectivity index is 1.41. The molecule has 0 N–H and O–H groups in total. The maximum absolute atomic E-state index is 13.3. The summed E-state index contributed by atoms with van der Waals surface area (Å²) in [5.41, 5.74) is 3.38. The first kappa shape index (κ1) is 23.9. The van der Waals surface area contributed by atoms with Crippen molar-refractivity contribution in [2.75, 3.05) is 14.2 Å². The van der Waals surface area contributed by atoms with Gasteiger partial charge in [0.2, 0.25) is 0 Å². The normalized spacial score (nSPS) is 10.6. The highest BCUT2D eigenvalue weighted by Gasteiger charge is 2.17. The van der Waals surface area contributed by atoms with Gasteiger partial charge in [-0.3, -0.25) is 0 Å². The lowest BCUT2D eigenvalue weighted by molar-refractivity contribution is 0.0475. The number of aromatic nitrogens is 1. The van der Waals surface area contributed by atoms with Gasteiger partial charge in [-0.25, -0.2) is 9.78 Å². The average molecular weight is 492 g/mol. The van der Waals surface area contributed by atoms with Crippen molar-refractivity contribution in [3.63, 3.8) is 0 Å². The molecule has 37 heavy (non-hydrogen) atoms. The maximum atomic E-state index is 13.3. The molecule has 0 atom stereocenters. The van der Waals surface area contributed by atoms with Crippen molar-refractivity contribution in [1.82, 2.24) is 4.98 Å². The summed E-state index contributed by atoms with van der Waals surface area (Å²) in [6.07, 6.45) is 0. The molecule has 0 aliphatic carbocycles. The van der Waals surface area contributed by atoms with Crippen LogP contribution in [0.4, 0.5) is 0 Å². The second-order valence-corrected chi connectivity index (χ2v) is 8.28. The summed E-state index contributed by atoms with van der Waals surface area (Å²) >= 11 is 0. The Morgan fingerprint density at radius 3 is 2.30 bits per heavy atom. The maximum Gasteiger partial charge on any atom is 0.339 e. The number of para-hydroxylation sites is 2. The lowest BCUT2D eigenvalue weighted by Gasteiger charge is -2.12. The van der Waals surface area contributed by atoms with E-state index >= 15 is 0 Å². The number of esters is 1. The van der Waals surface area contributed by atoms with E-state index in [-0.39, 0.29) is 6.61 Å². The first-order valence-electron chi connectivity index (χ1n) is 11.8. The van der Waals surface area contributed by atoms with Crippen LogP contribution in [-0.2, 0) is 11.3 Å². The molecule has 0 saturated heterocycles. The number of hydrogen-bond donors (Lipinski definition) is 0. The first-order chi connectivity index (χ1) is 18.1. The van der Waals surface area contributed by atoms with E-state index in [1.54, 1.807) is 20.3 Å². The van der Waals surface area contributed by atoms with Crippen LogP contribution >= 0.6 is 0 Å². The van der Waals surface area contributed by atoms with Gasteiger partial charge in [-0.15, -0.1) is 0 Å². The summed E-state index contributed by atoms with van der Waals surface area (Å²) in [4.78, 5) is 18.1. The molecule has 1 heterocycles. The fourth-order valence-electron chi connectivity index (χ4n) is 4.04. The molecular formula is C31H25NO5. The van der Waals surface area contributed by atoms with Gasteiger partial charge in [-0.1, -0.05) is 48.5 Å². The topological polar surface area (TPSA) is 66.9 Å². The van der Waals surface area contributed by atoms with Crippen LogP contribution in [0.1, 0.15) is 15.9 Å². The van der Waals surface area contributed by atoms with Crippen molar-refractivity contribution in [1.29, 1.82) is 0 Å². The molecule has 0 aliphatic rings. The molecule has 0 amide bonds. The lowest BCUT2D eigenvalue weighted by atomic mass is 10.0. The Bertz CT molecular complexity index is 1550. The number of carbonyl (C=O) groups is 1. The van der Waals surface area contributed by atoms with E-state index in [4.69, 9.17) is 23.9 Å². The minimum atomic E-state index is -0.435. The molecule has 5 rings (SSSR count). The van der Waals surface area contributed by atoms with Gasteiger partial charge in [-0.2, -0.15) is 0 Å². The van der Waals surface area contributed by atoms with Gasteiger partial charge >= 0.3 is 5.97 Å². The molecule has 0 bridgehead atoms. The molecule has 6 nitrogen and oxygen atoms in total. The van der Waals surface area contributed by atoms with Gasteiger partial charge in [0.25, 0.3) is 0 Å². The van der Waals surface area contributed by atoms with Crippen LogP contribution in [0.2, 0.25) is 0 Å². The quantitative estimate of drug-likeness (QED) is 0.216. The second kappa shape index (κ2) is 10.8. The standard InChI is InChI=1S/C31H25NO5/c1-34-29-16-15-22(18-30(29)35-2)28-19-26(25-13-6-7-14-27(25)32-28)31(33)36-20-21-9-8-12-24(17-21)37-23-10-4-3-5-11-23/h3-19H,20H2,1-2H3. The number of hydrogen-bond acceptors (Lipinski definition) is 6. The van der Waals surface area contributed by atoms with Gasteiger partial charge in [0.05, 0.1) is 31.0 Å². The van der Waals surface area contributed by atoms with Crippen molar-refractivity contribution >= 4 is 16.9 Å². The Morgan fingerprint density at radius 2 is 1.49 bits per heavy atom. The van der Waals surface area contributed by atoms with Crippen molar-refractivity contribution in [3.8, 4) is 34.3 Å². The number of pyridine rings is 1. The molecule has 0 saturated carbocycles. The molecule has 5 aromatic rings. The van der Waals surface area contributed by atoms with Crippen LogP contribution in [-0.4, -0.2) is 25.2 Å². The SMILES string of the molecule is COc1ccc(-c2cc(C(=O)OCc3cccc(Oc4ccccc4)c3)c3ccccc3n2)cc1OC. The van der Waals surface area contributed by atoms with E-state index in [9.17, 15) is 4.79 Å². The van der Waals surface area contributed by atoms with Crippen molar-refractivity contribution < 1.29 is 23.7 Å². The predicted molar refractivity (Wildman–Crippen MR) is 142 cm³/mol. The number of fused-ring (bicyclic) bond motifs is 1. The van der Waals surface area contributed by atoms with Crippen LogP contribution in [0.25, 0.3) is 22.2 Å². The zero-order chi connectivity index (χ0) is 25.6. The predicted octanol–water partition coefficient (Wildman–Crippen LogP) is 7.07. The van der Waals surface area contributed by atoms with Crippen LogP contribution in [0.15, 0.2) is 103 Å². The molecule has 1 aromatic heterocycles. The molecule has 0 aliphatic heterocycles. The Hall–Kier alpha value is -4.84. The van der Waals surface area contributed by atoms with Crippen molar-refractivity contribution in [2.45, 2.75) is 6.61 Å². The van der Waals surface area contributed by atoms with Gasteiger partial charge in [0.15, 0.2) is 11.5 Å². The number of ether oxygens (including phenoxy) is 4. The molecular weight excluding hydrogens is 466 g/mol. The Morgan fingerprint density at radius 1 is 0.730 bits per heavy atom. The second-order valence-electron chi connectivity index (χ2n) is 8.28. The third kappa shape index (κ3) is 5.38. The summed E-state index contributed by atoms with van der Waals surface area (Å²) in [5, 5.41) is 0.720. The minimum absolute atomic E-state index is 0.104. The number of nitrogens with zero attached hydrogens (tertiary/aromatic N) is 1. The summed E-state index contributed by atoms with van der Waals surface area (Å²) < 4.78 is 22.4. The van der Waals surface area contributed by atoms with E-state index < -0.39 is 5.97 Å². The van der Waals surface area contributed by atoms with E-state index in [2.05, 4.69) is 0 Å². The zero-order valence-corrected chi connectivity index (χ0v) is 20.5. The largest absolute Gasteiger partial charge is 0.493 e.